The molecule has 0 fully saturated rings. The molecule has 0 aliphatic rings. The van der Waals surface area contributed by atoms with E-state index >= 15 is 0 Å². The van der Waals surface area contributed by atoms with E-state index in [1.165, 1.54) is 6.33 Å². The van der Waals surface area contributed by atoms with Crippen LogP contribution < -0.4 is 27.4 Å². The number of amides is 4. The lowest BCUT2D eigenvalue weighted by molar-refractivity contribution is -0.143. The van der Waals surface area contributed by atoms with Crippen LogP contribution in [0.4, 0.5) is 0 Å². The van der Waals surface area contributed by atoms with Crippen LogP contribution >= 0.6 is 0 Å². The van der Waals surface area contributed by atoms with Crippen molar-refractivity contribution in [2.45, 2.75) is 63.7 Å². The van der Waals surface area contributed by atoms with E-state index in [-0.39, 0.29) is 25.7 Å². The molecule has 206 valence electrons. The zero-order valence-electron chi connectivity index (χ0n) is 21.3. The number of aliphatic carboxylic acids is 1. The van der Waals surface area contributed by atoms with Crippen LogP contribution in [0.15, 0.2) is 42.9 Å². The summed E-state index contributed by atoms with van der Waals surface area (Å²) in [5.41, 5.74) is 12.5. The number of carboxylic acid groups (broad SMARTS) is 1. The third-order valence-corrected chi connectivity index (χ3v) is 5.79. The molecule has 38 heavy (non-hydrogen) atoms. The second-order valence-electron chi connectivity index (χ2n) is 9.27. The SMILES string of the molecule is CC(C)C(NC(=O)C(Cc1ccccc1)NC(=O)C(N)Cc1cnc[nH]1)C(=O)NC(CCC(N)=O)C(=O)O. The summed E-state index contributed by atoms with van der Waals surface area (Å²) in [5.74, 6) is -4.43. The minimum absolute atomic E-state index is 0.123. The Morgan fingerprint density at radius 3 is 2.16 bits per heavy atom. The van der Waals surface area contributed by atoms with Crippen LogP contribution in [-0.4, -0.2) is 68.8 Å². The highest BCUT2D eigenvalue weighted by Crippen LogP contribution is 2.09. The fraction of sp³-hybridized carbons (Fsp3) is 0.440. The summed E-state index contributed by atoms with van der Waals surface area (Å²) >= 11 is 0. The molecule has 4 unspecified atom stereocenters. The lowest BCUT2D eigenvalue weighted by Crippen LogP contribution is -2.59. The molecule has 0 saturated carbocycles. The van der Waals surface area contributed by atoms with Gasteiger partial charge in [0.1, 0.15) is 18.1 Å². The van der Waals surface area contributed by atoms with Gasteiger partial charge in [-0.1, -0.05) is 44.2 Å². The smallest absolute Gasteiger partial charge is 0.326 e. The molecule has 2 aromatic rings. The van der Waals surface area contributed by atoms with E-state index in [4.69, 9.17) is 11.5 Å². The second-order valence-corrected chi connectivity index (χ2v) is 9.27. The Bertz CT molecular complexity index is 1090. The molecule has 4 atom stereocenters. The number of nitrogens with zero attached hydrogens (tertiary/aromatic N) is 1. The lowest BCUT2D eigenvalue weighted by atomic mass is 10.00. The normalized spacial score (nSPS) is 14.1. The van der Waals surface area contributed by atoms with Crippen molar-refractivity contribution in [1.29, 1.82) is 0 Å². The number of imidazole rings is 1. The minimum atomic E-state index is -1.37. The third-order valence-electron chi connectivity index (χ3n) is 5.79. The molecule has 13 nitrogen and oxygen atoms in total. The highest BCUT2D eigenvalue weighted by molar-refractivity contribution is 5.94. The quantitative estimate of drug-likeness (QED) is 0.151. The Labute approximate surface area is 220 Å². The Hall–Kier alpha value is -4.26. The van der Waals surface area contributed by atoms with Crippen LogP contribution in [0.5, 0.6) is 0 Å². The Kier molecular flexibility index (Phi) is 11.4. The maximum Gasteiger partial charge on any atom is 0.326 e. The van der Waals surface area contributed by atoms with Crippen LogP contribution in [0.25, 0.3) is 0 Å². The fourth-order valence-electron chi connectivity index (χ4n) is 3.66. The second kappa shape index (κ2) is 14.5. The molecular weight excluding hydrogens is 494 g/mol. The topological polar surface area (TPSA) is 222 Å². The van der Waals surface area contributed by atoms with Crippen molar-refractivity contribution in [3.05, 3.63) is 54.1 Å². The average Bonchev–Trinajstić information content (AvgIpc) is 3.37. The van der Waals surface area contributed by atoms with E-state index < -0.39 is 59.7 Å². The molecule has 1 aromatic carbocycles. The number of benzene rings is 1. The average molecular weight is 530 g/mol. The first-order valence-corrected chi connectivity index (χ1v) is 12.2. The molecule has 0 radical (unpaired) electrons. The van der Waals surface area contributed by atoms with Crippen LogP contribution in [0, 0.1) is 5.92 Å². The van der Waals surface area contributed by atoms with Gasteiger partial charge in [0.2, 0.25) is 23.6 Å². The van der Waals surface area contributed by atoms with Gasteiger partial charge >= 0.3 is 5.97 Å². The highest BCUT2D eigenvalue weighted by Gasteiger charge is 2.32. The van der Waals surface area contributed by atoms with Crippen molar-refractivity contribution in [3.8, 4) is 0 Å². The number of primary amides is 1. The maximum absolute atomic E-state index is 13.3. The molecule has 1 aromatic heterocycles. The van der Waals surface area contributed by atoms with Gasteiger partial charge in [-0.15, -0.1) is 0 Å². The molecule has 0 bridgehead atoms. The summed E-state index contributed by atoms with van der Waals surface area (Å²) in [5, 5.41) is 17.1. The zero-order chi connectivity index (χ0) is 28.2. The first-order valence-electron chi connectivity index (χ1n) is 12.2. The van der Waals surface area contributed by atoms with Crippen LogP contribution in [-0.2, 0) is 36.8 Å². The first-order chi connectivity index (χ1) is 18.0. The summed E-state index contributed by atoms with van der Waals surface area (Å²) < 4.78 is 0. The van der Waals surface area contributed by atoms with Crippen molar-refractivity contribution < 1.29 is 29.1 Å². The molecule has 0 spiro atoms. The summed E-state index contributed by atoms with van der Waals surface area (Å²) in [6.07, 6.45) is 2.87. The van der Waals surface area contributed by atoms with Gasteiger partial charge in [0, 0.05) is 31.2 Å². The molecule has 9 N–H and O–H groups in total. The summed E-state index contributed by atoms with van der Waals surface area (Å²) in [4.78, 5) is 68.5. The molecule has 4 amide bonds. The zero-order valence-corrected chi connectivity index (χ0v) is 21.3. The number of carbonyl (C=O) groups is 5. The molecule has 1 heterocycles. The van der Waals surface area contributed by atoms with Crippen molar-refractivity contribution in [3.63, 3.8) is 0 Å². The van der Waals surface area contributed by atoms with E-state index in [0.717, 1.165) is 5.56 Å². The molecule has 0 aliphatic carbocycles. The Balaban J connectivity index is 2.16. The standard InChI is InChI=1S/C25H35N7O6/c1-14(2)21(24(36)30-18(25(37)38)8-9-20(27)33)32-23(35)19(10-15-6-4-3-5-7-15)31-22(34)17(26)11-16-12-28-13-29-16/h3-7,12-14,17-19,21H,8-11,26H2,1-2H3,(H2,27,33)(H,28,29)(H,30,36)(H,31,34)(H,32,35)(H,37,38). The van der Waals surface area contributed by atoms with E-state index in [1.807, 2.05) is 6.07 Å². The predicted octanol–water partition coefficient (Wildman–Crippen LogP) is -1.02. The monoisotopic (exact) mass is 529 g/mol. The third kappa shape index (κ3) is 9.65. The van der Waals surface area contributed by atoms with Crippen molar-refractivity contribution in [2.24, 2.45) is 17.4 Å². The summed E-state index contributed by atoms with van der Waals surface area (Å²) in [6, 6.07) is 4.45. The number of carboxylic acids is 1. The fourth-order valence-corrected chi connectivity index (χ4v) is 3.66. The van der Waals surface area contributed by atoms with Gasteiger partial charge in [-0.2, -0.15) is 0 Å². The van der Waals surface area contributed by atoms with E-state index in [9.17, 15) is 29.1 Å². The van der Waals surface area contributed by atoms with Crippen molar-refractivity contribution >= 4 is 29.6 Å². The molecular formula is C25H35N7O6. The number of nitrogens with two attached hydrogens (primary N) is 2. The van der Waals surface area contributed by atoms with E-state index in [1.54, 1.807) is 44.3 Å². The number of rotatable bonds is 15. The van der Waals surface area contributed by atoms with Gasteiger partial charge in [0.15, 0.2) is 0 Å². The van der Waals surface area contributed by atoms with Gasteiger partial charge in [0.05, 0.1) is 12.4 Å². The predicted molar refractivity (Wildman–Crippen MR) is 137 cm³/mol. The Morgan fingerprint density at radius 2 is 1.61 bits per heavy atom. The van der Waals surface area contributed by atoms with Crippen molar-refractivity contribution in [2.75, 3.05) is 0 Å². The number of H-pyrrole nitrogens is 1. The summed E-state index contributed by atoms with van der Waals surface area (Å²) in [6.45, 7) is 3.35. The van der Waals surface area contributed by atoms with Crippen molar-refractivity contribution in [1.82, 2.24) is 25.9 Å². The van der Waals surface area contributed by atoms with Crippen LogP contribution in [0.2, 0.25) is 0 Å². The highest BCUT2D eigenvalue weighted by atomic mass is 16.4. The number of carbonyl (C=O) groups excluding carboxylic acids is 4. The first kappa shape index (κ1) is 30.0. The largest absolute Gasteiger partial charge is 0.480 e. The number of aromatic nitrogens is 2. The summed E-state index contributed by atoms with van der Waals surface area (Å²) in [7, 11) is 0. The van der Waals surface area contributed by atoms with E-state index in [2.05, 4.69) is 25.9 Å². The van der Waals surface area contributed by atoms with Gasteiger partial charge in [0.25, 0.3) is 0 Å². The van der Waals surface area contributed by atoms with Gasteiger partial charge in [-0.05, 0) is 17.9 Å². The van der Waals surface area contributed by atoms with Gasteiger partial charge in [-0.3, -0.25) is 19.2 Å². The molecule has 13 heteroatoms. The van der Waals surface area contributed by atoms with Crippen LogP contribution in [0.1, 0.15) is 37.9 Å². The van der Waals surface area contributed by atoms with E-state index in [0.29, 0.717) is 5.69 Å². The molecule has 2 rings (SSSR count). The molecule has 0 aliphatic heterocycles. The number of hydrogen-bond acceptors (Lipinski definition) is 7. The lowest BCUT2D eigenvalue weighted by Gasteiger charge is -2.27. The maximum atomic E-state index is 13.3. The molecule has 0 saturated heterocycles. The Morgan fingerprint density at radius 1 is 0.947 bits per heavy atom. The van der Waals surface area contributed by atoms with Gasteiger partial charge in [-0.25, -0.2) is 9.78 Å². The minimum Gasteiger partial charge on any atom is -0.480 e. The number of aromatic amines is 1. The number of nitrogens with one attached hydrogen (secondary N) is 4. The van der Waals surface area contributed by atoms with Gasteiger partial charge < -0.3 is 37.5 Å². The van der Waals surface area contributed by atoms with Crippen LogP contribution in [0.3, 0.4) is 0 Å². The number of hydrogen-bond donors (Lipinski definition) is 7.